The third-order valence-electron chi connectivity index (χ3n) is 3.99. The van der Waals surface area contributed by atoms with Gasteiger partial charge in [-0.25, -0.2) is 0 Å². The Hall–Kier alpha value is -2.31. The molecule has 1 fully saturated rings. The molecule has 7 heteroatoms. The Bertz CT molecular complexity index is 553. The number of rotatable bonds is 5. The van der Waals surface area contributed by atoms with Crippen LogP contribution in [-0.4, -0.2) is 29.6 Å². The predicted molar refractivity (Wildman–Crippen MR) is 80.8 cm³/mol. The SMILES string of the molecule is CN(CC1CCCC1)c1ccc(C(N)=NO)cc1[N+](=O)[O-]. The quantitative estimate of drug-likeness (QED) is 0.285. The molecular formula is C14H20N4O3. The van der Waals surface area contributed by atoms with Gasteiger partial charge in [-0.3, -0.25) is 10.1 Å². The van der Waals surface area contributed by atoms with Crippen molar-refractivity contribution in [1.82, 2.24) is 0 Å². The number of amidine groups is 1. The summed E-state index contributed by atoms with van der Waals surface area (Å²) < 4.78 is 0. The Balaban J connectivity index is 2.27. The number of nitrogens with zero attached hydrogens (tertiary/aromatic N) is 3. The molecule has 1 aromatic carbocycles. The van der Waals surface area contributed by atoms with Crippen molar-refractivity contribution in [3.05, 3.63) is 33.9 Å². The van der Waals surface area contributed by atoms with Crippen molar-refractivity contribution in [2.75, 3.05) is 18.5 Å². The third kappa shape index (κ3) is 3.42. The molecule has 0 heterocycles. The van der Waals surface area contributed by atoms with Gasteiger partial charge in [0.25, 0.3) is 5.69 Å². The zero-order valence-corrected chi connectivity index (χ0v) is 12.0. The summed E-state index contributed by atoms with van der Waals surface area (Å²) in [5, 5.41) is 22.8. The lowest BCUT2D eigenvalue weighted by Crippen LogP contribution is -2.25. The van der Waals surface area contributed by atoms with Crippen molar-refractivity contribution in [3.8, 4) is 0 Å². The minimum atomic E-state index is -0.436. The first-order valence-electron chi connectivity index (χ1n) is 7.00. The second-order valence-corrected chi connectivity index (χ2v) is 5.48. The molecule has 0 atom stereocenters. The van der Waals surface area contributed by atoms with E-state index >= 15 is 0 Å². The largest absolute Gasteiger partial charge is 0.409 e. The number of benzene rings is 1. The van der Waals surface area contributed by atoms with Gasteiger partial charge in [-0.05, 0) is 30.9 Å². The Morgan fingerprint density at radius 2 is 2.19 bits per heavy atom. The van der Waals surface area contributed by atoms with Crippen LogP contribution in [0.3, 0.4) is 0 Å². The van der Waals surface area contributed by atoms with Crippen LogP contribution in [-0.2, 0) is 0 Å². The number of anilines is 1. The number of hydrogen-bond donors (Lipinski definition) is 2. The minimum absolute atomic E-state index is 0.0282. The lowest BCUT2D eigenvalue weighted by atomic mass is 10.1. The lowest BCUT2D eigenvalue weighted by Gasteiger charge is -2.23. The summed E-state index contributed by atoms with van der Waals surface area (Å²) in [5.41, 5.74) is 6.35. The second-order valence-electron chi connectivity index (χ2n) is 5.48. The summed E-state index contributed by atoms with van der Waals surface area (Å²) in [5.74, 6) is 0.460. The van der Waals surface area contributed by atoms with Gasteiger partial charge in [0.2, 0.25) is 0 Å². The lowest BCUT2D eigenvalue weighted by molar-refractivity contribution is -0.384. The molecule has 0 bridgehead atoms. The van der Waals surface area contributed by atoms with E-state index in [4.69, 9.17) is 10.9 Å². The van der Waals surface area contributed by atoms with E-state index in [1.165, 1.54) is 31.7 Å². The Morgan fingerprint density at radius 3 is 2.76 bits per heavy atom. The van der Waals surface area contributed by atoms with Crippen molar-refractivity contribution >= 4 is 17.2 Å². The Labute approximate surface area is 123 Å². The molecule has 1 aliphatic carbocycles. The van der Waals surface area contributed by atoms with Crippen LogP contribution in [0.5, 0.6) is 0 Å². The van der Waals surface area contributed by atoms with E-state index in [0.29, 0.717) is 17.2 Å². The fourth-order valence-electron chi connectivity index (χ4n) is 2.89. The van der Waals surface area contributed by atoms with E-state index < -0.39 is 4.92 Å². The predicted octanol–water partition coefficient (Wildman–Crippen LogP) is 2.32. The zero-order chi connectivity index (χ0) is 15.4. The topological polar surface area (TPSA) is 105 Å². The van der Waals surface area contributed by atoms with Crippen LogP contribution in [0.4, 0.5) is 11.4 Å². The third-order valence-corrected chi connectivity index (χ3v) is 3.99. The average molecular weight is 292 g/mol. The van der Waals surface area contributed by atoms with Crippen LogP contribution in [0.15, 0.2) is 23.4 Å². The van der Waals surface area contributed by atoms with Gasteiger partial charge in [0.1, 0.15) is 5.69 Å². The van der Waals surface area contributed by atoms with Crippen LogP contribution < -0.4 is 10.6 Å². The van der Waals surface area contributed by atoms with E-state index in [0.717, 1.165) is 6.54 Å². The summed E-state index contributed by atoms with van der Waals surface area (Å²) in [4.78, 5) is 12.7. The Morgan fingerprint density at radius 1 is 1.52 bits per heavy atom. The second kappa shape index (κ2) is 6.43. The molecule has 0 radical (unpaired) electrons. The highest BCUT2D eigenvalue weighted by Gasteiger charge is 2.22. The molecule has 0 amide bonds. The molecular weight excluding hydrogens is 272 g/mol. The van der Waals surface area contributed by atoms with Gasteiger partial charge in [-0.2, -0.15) is 0 Å². The number of nitro benzene ring substituents is 1. The van der Waals surface area contributed by atoms with Gasteiger partial charge < -0.3 is 15.8 Å². The fourth-order valence-corrected chi connectivity index (χ4v) is 2.89. The van der Waals surface area contributed by atoms with Crippen LogP contribution >= 0.6 is 0 Å². The average Bonchev–Trinajstić information content (AvgIpc) is 2.98. The number of nitro groups is 1. The summed E-state index contributed by atoms with van der Waals surface area (Å²) in [7, 11) is 1.86. The molecule has 0 aliphatic heterocycles. The molecule has 2 rings (SSSR count). The number of hydrogen-bond acceptors (Lipinski definition) is 5. The zero-order valence-electron chi connectivity index (χ0n) is 12.0. The number of oxime groups is 1. The molecule has 1 aromatic rings. The van der Waals surface area contributed by atoms with Crippen molar-refractivity contribution in [2.24, 2.45) is 16.8 Å². The van der Waals surface area contributed by atoms with Gasteiger partial charge in [0.15, 0.2) is 5.84 Å². The Kier molecular flexibility index (Phi) is 4.62. The van der Waals surface area contributed by atoms with E-state index in [-0.39, 0.29) is 11.5 Å². The smallest absolute Gasteiger partial charge is 0.293 e. The molecule has 0 spiro atoms. The van der Waals surface area contributed by atoms with Crippen LogP contribution in [0, 0.1) is 16.0 Å². The number of nitrogens with two attached hydrogens (primary N) is 1. The summed E-state index contributed by atoms with van der Waals surface area (Å²) >= 11 is 0. The normalized spacial score (nSPS) is 16.1. The summed E-state index contributed by atoms with van der Waals surface area (Å²) in [6.07, 6.45) is 4.84. The highest BCUT2D eigenvalue weighted by atomic mass is 16.6. The van der Waals surface area contributed by atoms with Crippen molar-refractivity contribution in [3.63, 3.8) is 0 Å². The van der Waals surface area contributed by atoms with Crippen molar-refractivity contribution in [2.45, 2.75) is 25.7 Å². The van der Waals surface area contributed by atoms with Crippen LogP contribution in [0.2, 0.25) is 0 Å². The molecule has 21 heavy (non-hydrogen) atoms. The molecule has 0 aromatic heterocycles. The first-order chi connectivity index (χ1) is 10.0. The van der Waals surface area contributed by atoms with Gasteiger partial charge in [0, 0.05) is 25.2 Å². The molecule has 0 saturated heterocycles. The van der Waals surface area contributed by atoms with Crippen LogP contribution in [0.25, 0.3) is 0 Å². The maximum Gasteiger partial charge on any atom is 0.293 e. The van der Waals surface area contributed by atoms with Crippen molar-refractivity contribution in [1.29, 1.82) is 0 Å². The summed E-state index contributed by atoms with van der Waals surface area (Å²) in [6.45, 7) is 0.809. The van der Waals surface area contributed by atoms with Crippen LogP contribution in [0.1, 0.15) is 31.2 Å². The molecule has 0 unspecified atom stereocenters. The van der Waals surface area contributed by atoms with E-state index in [2.05, 4.69) is 5.16 Å². The molecule has 1 aliphatic rings. The van der Waals surface area contributed by atoms with E-state index in [1.807, 2.05) is 11.9 Å². The van der Waals surface area contributed by atoms with Crippen molar-refractivity contribution < 1.29 is 10.1 Å². The molecule has 7 nitrogen and oxygen atoms in total. The van der Waals surface area contributed by atoms with Gasteiger partial charge in [0.05, 0.1) is 4.92 Å². The molecule has 3 N–H and O–H groups in total. The molecule has 1 saturated carbocycles. The maximum absolute atomic E-state index is 11.3. The minimum Gasteiger partial charge on any atom is -0.409 e. The first-order valence-corrected chi connectivity index (χ1v) is 7.00. The van der Waals surface area contributed by atoms with Gasteiger partial charge >= 0.3 is 0 Å². The van der Waals surface area contributed by atoms with Gasteiger partial charge in [-0.1, -0.05) is 18.0 Å². The summed E-state index contributed by atoms with van der Waals surface area (Å²) in [6, 6.07) is 4.62. The maximum atomic E-state index is 11.3. The highest BCUT2D eigenvalue weighted by molar-refractivity contribution is 5.98. The monoisotopic (exact) mass is 292 g/mol. The van der Waals surface area contributed by atoms with E-state index in [9.17, 15) is 10.1 Å². The van der Waals surface area contributed by atoms with Gasteiger partial charge in [-0.15, -0.1) is 0 Å². The highest BCUT2D eigenvalue weighted by Crippen LogP contribution is 2.32. The first kappa shape index (κ1) is 15.1. The van der Waals surface area contributed by atoms with E-state index in [1.54, 1.807) is 12.1 Å². The molecule has 114 valence electrons. The fraction of sp³-hybridized carbons (Fsp3) is 0.500. The standard InChI is InChI=1S/C14H20N4O3/c1-17(9-10-4-2-3-5-10)12-7-6-11(14(15)16-19)8-13(12)18(20)21/h6-8,10,19H,2-5,9H2,1H3,(H2,15,16).